The average molecular weight is 298 g/mol. The Morgan fingerprint density at radius 2 is 1.64 bits per heavy atom. The van der Waals surface area contributed by atoms with Crippen LogP contribution in [0.15, 0.2) is 29.3 Å². The second kappa shape index (κ2) is 6.13. The molecule has 0 unspecified atom stereocenters. The van der Waals surface area contributed by atoms with E-state index in [0.717, 1.165) is 22.6 Å². The molecule has 22 heavy (non-hydrogen) atoms. The van der Waals surface area contributed by atoms with Crippen LogP contribution in [0.2, 0.25) is 0 Å². The van der Waals surface area contributed by atoms with Gasteiger partial charge in [-0.3, -0.25) is 4.98 Å². The normalized spacial score (nSPS) is 10.5. The molecule has 3 aromatic rings. The molecule has 5 nitrogen and oxygen atoms in total. The molecule has 0 saturated heterocycles. The highest BCUT2D eigenvalue weighted by Crippen LogP contribution is 2.17. The van der Waals surface area contributed by atoms with Crippen LogP contribution in [0.5, 0.6) is 0 Å². The molecule has 0 aliphatic carbocycles. The second-order valence-electron chi connectivity index (χ2n) is 5.61. The first-order valence-corrected chi connectivity index (χ1v) is 7.19. The van der Waals surface area contributed by atoms with E-state index in [0.29, 0.717) is 0 Å². The topological polar surface area (TPSA) is 52.7 Å². The van der Waals surface area contributed by atoms with E-state index in [1.807, 2.05) is 20.8 Å². The van der Waals surface area contributed by atoms with Gasteiger partial charge in [0.05, 0.1) is 5.52 Å². The predicted molar refractivity (Wildman–Crippen MR) is 89.1 cm³/mol. The zero-order valence-electron chi connectivity index (χ0n) is 14.0. The van der Waals surface area contributed by atoms with E-state index in [2.05, 4.69) is 46.8 Å². The van der Waals surface area contributed by atoms with Gasteiger partial charge in [0.1, 0.15) is 0 Å². The van der Waals surface area contributed by atoms with E-state index in [1.54, 1.807) is 13.2 Å². The zero-order valence-corrected chi connectivity index (χ0v) is 14.0. The summed E-state index contributed by atoms with van der Waals surface area (Å²) in [5, 5.41) is 1.25. The fourth-order valence-corrected chi connectivity index (χ4v) is 2.33. The minimum absolute atomic E-state index is 0.192. The summed E-state index contributed by atoms with van der Waals surface area (Å²) in [6.45, 7) is 7.84. The Bertz CT molecular complexity index is 874. The van der Waals surface area contributed by atoms with Gasteiger partial charge in [-0.2, -0.15) is 4.98 Å². The maximum atomic E-state index is 10.8. The van der Waals surface area contributed by atoms with Crippen LogP contribution in [-0.2, 0) is 14.1 Å². The lowest BCUT2D eigenvalue weighted by Gasteiger charge is -2.00. The largest absolute Gasteiger partial charge is 0.350 e. The Morgan fingerprint density at radius 3 is 2.27 bits per heavy atom. The molecular formula is C17H22N4O. The Hall–Kier alpha value is -2.43. The van der Waals surface area contributed by atoms with Crippen LogP contribution in [0.3, 0.4) is 0 Å². The molecule has 0 amide bonds. The van der Waals surface area contributed by atoms with Gasteiger partial charge in [-0.05, 0) is 45.4 Å². The van der Waals surface area contributed by atoms with Crippen molar-refractivity contribution in [2.24, 2.45) is 14.1 Å². The van der Waals surface area contributed by atoms with Gasteiger partial charge < -0.3 is 9.13 Å². The van der Waals surface area contributed by atoms with Crippen LogP contribution in [0.25, 0.3) is 10.9 Å². The second-order valence-corrected chi connectivity index (χ2v) is 5.61. The number of aryl methyl sites for hydroxylation is 6. The van der Waals surface area contributed by atoms with Crippen molar-refractivity contribution in [2.75, 3.05) is 0 Å². The highest BCUT2D eigenvalue weighted by Gasteiger charge is 2.02. The van der Waals surface area contributed by atoms with Gasteiger partial charge in [0.2, 0.25) is 0 Å². The smallest absolute Gasteiger partial charge is 0.347 e. The van der Waals surface area contributed by atoms with Crippen molar-refractivity contribution in [3.8, 4) is 0 Å². The van der Waals surface area contributed by atoms with Gasteiger partial charge in [0, 0.05) is 49.0 Å². The molecule has 0 atom stereocenters. The van der Waals surface area contributed by atoms with Crippen LogP contribution in [-0.4, -0.2) is 19.1 Å². The van der Waals surface area contributed by atoms with Gasteiger partial charge in [-0.1, -0.05) is 0 Å². The Kier molecular flexibility index (Phi) is 4.45. The van der Waals surface area contributed by atoms with Crippen molar-refractivity contribution < 1.29 is 0 Å². The molecule has 0 aliphatic heterocycles. The van der Waals surface area contributed by atoms with Crippen molar-refractivity contribution in [2.45, 2.75) is 27.7 Å². The summed E-state index contributed by atoms with van der Waals surface area (Å²) in [4.78, 5) is 19.0. The minimum atomic E-state index is -0.192. The first-order chi connectivity index (χ1) is 10.3. The highest BCUT2D eigenvalue weighted by atomic mass is 16.1. The van der Waals surface area contributed by atoms with Crippen LogP contribution in [0.1, 0.15) is 22.6 Å². The predicted octanol–water partition coefficient (Wildman–Crippen LogP) is 2.59. The first-order valence-electron chi connectivity index (χ1n) is 7.19. The third-order valence-corrected chi connectivity index (χ3v) is 3.72. The quantitative estimate of drug-likeness (QED) is 0.641. The Balaban J connectivity index is 0.000000164. The molecule has 0 fully saturated rings. The summed E-state index contributed by atoms with van der Waals surface area (Å²) in [6, 6.07) is 4.22. The third kappa shape index (κ3) is 3.24. The highest BCUT2D eigenvalue weighted by molar-refractivity contribution is 5.82. The van der Waals surface area contributed by atoms with Gasteiger partial charge in [0.15, 0.2) is 0 Å². The fourth-order valence-electron chi connectivity index (χ4n) is 2.33. The van der Waals surface area contributed by atoms with Crippen LogP contribution in [0, 0.1) is 27.7 Å². The number of aromatic nitrogens is 4. The summed E-state index contributed by atoms with van der Waals surface area (Å²) in [7, 11) is 3.75. The monoisotopic (exact) mass is 298 g/mol. The maximum absolute atomic E-state index is 10.8. The molecule has 3 rings (SSSR count). The maximum Gasteiger partial charge on any atom is 0.347 e. The molecular weight excluding hydrogens is 276 g/mol. The van der Waals surface area contributed by atoms with Crippen molar-refractivity contribution in [1.29, 1.82) is 0 Å². The van der Waals surface area contributed by atoms with E-state index in [4.69, 9.17) is 0 Å². The number of rotatable bonds is 0. The standard InChI is InChI=1S/C10H12N2.C7H10N2O/c1-7-6-10-9(8(2)11-7)4-5-12(10)3;1-5-4-9(3)7(10)8-6(5)2/h4-6H,1-3H3;4H,1-3H3. The van der Waals surface area contributed by atoms with Crippen LogP contribution in [0.4, 0.5) is 0 Å². The number of pyridine rings is 1. The molecule has 5 heteroatoms. The van der Waals surface area contributed by atoms with Crippen molar-refractivity contribution in [3.05, 3.63) is 57.7 Å². The number of hydrogen-bond acceptors (Lipinski definition) is 3. The number of fused-ring (bicyclic) bond motifs is 1. The Labute approximate surface area is 130 Å². The summed E-state index contributed by atoms with van der Waals surface area (Å²) < 4.78 is 3.60. The number of nitrogens with zero attached hydrogens (tertiary/aromatic N) is 4. The SMILES string of the molecule is Cc1cc2c(ccn2C)c(C)n1.Cc1cn(C)c(=O)nc1C. The fraction of sp³-hybridized carbons (Fsp3) is 0.353. The average Bonchev–Trinajstić information content (AvgIpc) is 2.79. The summed E-state index contributed by atoms with van der Waals surface area (Å²) in [6.07, 6.45) is 3.85. The van der Waals surface area contributed by atoms with Gasteiger partial charge in [-0.15, -0.1) is 0 Å². The van der Waals surface area contributed by atoms with E-state index in [9.17, 15) is 4.79 Å². The minimum Gasteiger partial charge on any atom is -0.350 e. The lowest BCUT2D eigenvalue weighted by Crippen LogP contribution is -2.20. The van der Waals surface area contributed by atoms with Crippen LogP contribution >= 0.6 is 0 Å². The van der Waals surface area contributed by atoms with E-state index in [-0.39, 0.29) is 5.69 Å². The molecule has 3 heterocycles. The van der Waals surface area contributed by atoms with E-state index < -0.39 is 0 Å². The van der Waals surface area contributed by atoms with Gasteiger partial charge >= 0.3 is 5.69 Å². The zero-order chi connectivity index (χ0) is 16.4. The van der Waals surface area contributed by atoms with Crippen LogP contribution < -0.4 is 5.69 Å². The molecule has 0 spiro atoms. The lowest BCUT2D eigenvalue weighted by atomic mass is 10.2. The van der Waals surface area contributed by atoms with E-state index >= 15 is 0 Å². The lowest BCUT2D eigenvalue weighted by molar-refractivity contribution is 0.788. The van der Waals surface area contributed by atoms with Crippen molar-refractivity contribution >= 4 is 10.9 Å². The molecule has 0 bridgehead atoms. The Morgan fingerprint density at radius 1 is 0.955 bits per heavy atom. The third-order valence-electron chi connectivity index (χ3n) is 3.72. The molecule has 0 radical (unpaired) electrons. The molecule has 0 aliphatic rings. The summed E-state index contributed by atoms with van der Waals surface area (Å²) >= 11 is 0. The molecule has 0 N–H and O–H groups in total. The molecule has 0 saturated carbocycles. The first kappa shape index (κ1) is 15.9. The number of hydrogen-bond donors (Lipinski definition) is 0. The van der Waals surface area contributed by atoms with Gasteiger partial charge in [0.25, 0.3) is 0 Å². The van der Waals surface area contributed by atoms with Gasteiger partial charge in [-0.25, -0.2) is 4.79 Å². The summed E-state index contributed by atoms with van der Waals surface area (Å²) in [5.41, 5.74) is 5.13. The van der Waals surface area contributed by atoms with Crippen molar-refractivity contribution in [1.82, 2.24) is 19.1 Å². The van der Waals surface area contributed by atoms with Crippen molar-refractivity contribution in [3.63, 3.8) is 0 Å². The molecule has 0 aromatic carbocycles. The molecule has 3 aromatic heterocycles. The summed E-state index contributed by atoms with van der Waals surface area (Å²) in [5.74, 6) is 0. The van der Waals surface area contributed by atoms with E-state index in [1.165, 1.54) is 15.5 Å². The molecule has 116 valence electrons.